The summed E-state index contributed by atoms with van der Waals surface area (Å²) in [4.78, 5) is 52.7. The van der Waals surface area contributed by atoms with Gasteiger partial charge in [0.25, 0.3) is 5.91 Å². The van der Waals surface area contributed by atoms with Crippen LogP contribution in [0.2, 0.25) is 0 Å². The van der Waals surface area contributed by atoms with Crippen LogP contribution in [0.25, 0.3) is 0 Å². The number of hydrogen-bond acceptors (Lipinski definition) is 8. The van der Waals surface area contributed by atoms with E-state index in [1.165, 1.54) is 13.2 Å². The summed E-state index contributed by atoms with van der Waals surface area (Å²) in [7, 11) is 1.49. The van der Waals surface area contributed by atoms with Crippen LogP contribution in [0.3, 0.4) is 0 Å². The predicted molar refractivity (Wildman–Crippen MR) is 142 cm³/mol. The Hall–Kier alpha value is -3.57. The summed E-state index contributed by atoms with van der Waals surface area (Å²) in [6, 6.07) is 7.90. The molecule has 1 aromatic carbocycles. The van der Waals surface area contributed by atoms with E-state index in [1.807, 2.05) is 44.2 Å². The molecule has 0 bridgehead atoms. The molecule has 3 amide bonds. The number of nitrogens with zero attached hydrogens (tertiary/aromatic N) is 1. The molecule has 0 spiro atoms. The van der Waals surface area contributed by atoms with E-state index in [0.717, 1.165) is 5.56 Å². The van der Waals surface area contributed by atoms with Crippen LogP contribution < -0.4 is 16.0 Å². The van der Waals surface area contributed by atoms with Crippen molar-refractivity contribution in [2.45, 2.75) is 70.7 Å². The molecule has 2 heterocycles. The molecule has 0 saturated carbocycles. The molecule has 212 valence electrons. The standard InChI is InChI=1S/C28H38N4O7/c1-17(2)13-21(24(33)28(4)16-38-28)30-26(35)22(15-19-9-7-6-8-10-19)31-25(34)20(11-12-37-5)29-27(36)23-14-18(3)39-32-23/h6-10,14,17,20-22H,11-13,15-16H2,1-5H3,(H,29,36)(H,30,35)(H,31,34)/t20-,21-,22-,28+/m0/s1. The number of aryl methyl sites for hydroxylation is 1. The van der Waals surface area contributed by atoms with Gasteiger partial charge in [0.05, 0.1) is 12.6 Å². The Morgan fingerprint density at radius 3 is 2.23 bits per heavy atom. The van der Waals surface area contributed by atoms with Crippen LogP contribution in [-0.2, 0) is 30.3 Å². The highest BCUT2D eigenvalue weighted by Crippen LogP contribution is 2.29. The number of epoxide rings is 1. The summed E-state index contributed by atoms with van der Waals surface area (Å²) in [5.74, 6) is -1.26. The van der Waals surface area contributed by atoms with Gasteiger partial charge in [-0.1, -0.05) is 49.3 Å². The van der Waals surface area contributed by atoms with Crippen molar-refractivity contribution in [2.75, 3.05) is 20.3 Å². The lowest BCUT2D eigenvalue weighted by Gasteiger charge is -2.26. The van der Waals surface area contributed by atoms with Crippen molar-refractivity contribution in [1.29, 1.82) is 0 Å². The normalized spacial score (nSPS) is 18.6. The number of rotatable bonds is 15. The quantitative estimate of drug-likeness (QED) is 0.288. The zero-order chi connectivity index (χ0) is 28.6. The summed E-state index contributed by atoms with van der Waals surface area (Å²) in [5.41, 5.74) is -0.0511. The van der Waals surface area contributed by atoms with Gasteiger partial charge in [-0.15, -0.1) is 0 Å². The molecule has 11 heteroatoms. The number of Topliss-reactive ketones (excluding diaryl/α,β-unsaturated/α-hetero) is 1. The summed E-state index contributed by atoms with van der Waals surface area (Å²) in [6.45, 7) is 7.79. The molecule has 1 aliphatic heterocycles. The third kappa shape index (κ3) is 8.72. The highest BCUT2D eigenvalue weighted by Gasteiger charge is 2.50. The molecule has 1 aromatic heterocycles. The van der Waals surface area contributed by atoms with Crippen LogP contribution in [0.1, 0.15) is 55.4 Å². The fourth-order valence-corrected chi connectivity index (χ4v) is 4.14. The molecule has 3 rings (SSSR count). The first-order valence-corrected chi connectivity index (χ1v) is 13.1. The number of methoxy groups -OCH3 is 1. The minimum absolute atomic E-state index is 0.0344. The van der Waals surface area contributed by atoms with Gasteiger partial charge in [-0.05, 0) is 38.2 Å². The van der Waals surface area contributed by atoms with Crippen LogP contribution in [0.5, 0.6) is 0 Å². The second-order valence-electron chi connectivity index (χ2n) is 10.5. The largest absolute Gasteiger partial charge is 0.385 e. The Labute approximate surface area is 228 Å². The minimum atomic E-state index is -1.01. The molecule has 11 nitrogen and oxygen atoms in total. The van der Waals surface area contributed by atoms with Crippen molar-refractivity contribution in [3.8, 4) is 0 Å². The van der Waals surface area contributed by atoms with Gasteiger partial charge in [-0.2, -0.15) is 0 Å². The molecule has 0 aliphatic carbocycles. The Bertz CT molecular complexity index is 1140. The molecule has 0 radical (unpaired) electrons. The number of ketones is 1. The Morgan fingerprint density at radius 1 is 1.03 bits per heavy atom. The van der Waals surface area contributed by atoms with E-state index in [4.69, 9.17) is 14.0 Å². The van der Waals surface area contributed by atoms with E-state index in [2.05, 4.69) is 21.1 Å². The van der Waals surface area contributed by atoms with E-state index in [0.29, 0.717) is 18.8 Å². The third-order valence-electron chi connectivity index (χ3n) is 6.45. The first kappa shape index (κ1) is 30.0. The lowest BCUT2D eigenvalue weighted by Crippen LogP contribution is -2.57. The lowest BCUT2D eigenvalue weighted by atomic mass is 9.93. The number of nitrogens with one attached hydrogen (secondary N) is 3. The van der Waals surface area contributed by atoms with Crippen LogP contribution in [-0.4, -0.2) is 72.7 Å². The fraction of sp³-hybridized carbons (Fsp3) is 0.536. The van der Waals surface area contributed by atoms with E-state index in [9.17, 15) is 19.2 Å². The Balaban J connectivity index is 1.79. The molecular formula is C28H38N4O7. The topological polar surface area (TPSA) is 152 Å². The van der Waals surface area contributed by atoms with Gasteiger partial charge in [0, 0.05) is 26.2 Å². The monoisotopic (exact) mass is 542 g/mol. The van der Waals surface area contributed by atoms with Crippen molar-refractivity contribution in [3.63, 3.8) is 0 Å². The second-order valence-corrected chi connectivity index (χ2v) is 10.5. The number of carbonyl (C=O) groups is 4. The van der Waals surface area contributed by atoms with Gasteiger partial charge < -0.3 is 29.9 Å². The number of benzene rings is 1. The SMILES string of the molecule is COCC[C@H](NC(=O)c1cc(C)on1)C(=O)N[C@@H](Cc1ccccc1)C(=O)N[C@@H](CC(C)C)C(=O)[C@@]1(C)CO1. The molecule has 0 unspecified atom stereocenters. The maximum absolute atomic E-state index is 13.6. The Morgan fingerprint density at radius 2 is 1.67 bits per heavy atom. The van der Waals surface area contributed by atoms with E-state index >= 15 is 0 Å². The van der Waals surface area contributed by atoms with Gasteiger partial charge in [-0.3, -0.25) is 19.2 Å². The molecule has 39 heavy (non-hydrogen) atoms. The lowest BCUT2D eigenvalue weighted by molar-refractivity contribution is -0.133. The maximum Gasteiger partial charge on any atom is 0.274 e. The van der Waals surface area contributed by atoms with Gasteiger partial charge in [0.15, 0.2) is 11.5 Å². The zero-order valence-electron chi connectivity index (χ0n) is 23.1. The molecule has 1 saturated heterocycles. The number of hydrogen-bond donors (Lipinski definition) is 3. The predicted octanol–water partition coefficient (Wildman–Crippen LogP) is 1.73. The first-order valence-electron chi connectivity index (χ1n) is 13.1. The summed E-state index contributed by atoms with van der Waals surface area (Å²) < 4.78 is 15.4. The Kier molecular flexibility index (Phi) is 10.4. The number of ether oxygens (including phenoxy) is 2. The third-order valence-corrected chi connectivity index (χ3v) is 6.45. The van der Waals surface area contributed by atoms with Gasteiger partial charge >= 0.3 is 0 Å². The maximum atomic E-state index is 13.6. The highest BCUT2D eigenvalue weighted by molar-refractivity contribution is 5.99. The molecule has 4 atom stereocenters. The highest BCUT2D eigenvalue weighted by atomic mass is 16.6. The molecular weight excluding hydrogens is 504 g/mol. The van der Waals surface area contributed by atoms with Crippen molar-refractivity contribution < 1.29 is 33.2 Å². The van der Waals surface area contributed by atoms with E-state index in [1.54, 1.807) is 13.8 Å². The van der Waals surface area contributed by atoms with Crippen molar-refractivity contribution in [3.05, 3.63) is 53.4 Å². The van der Waals surface area contributed by atoms with Gasteiger partial charge in [-0.25, -0.2) is 0 Å². The van der Waals surface area contributed by atoms with Crippen LogP contribution in [0.15, 0.2) is 40.9 Å². The smallest absolute Gasteiger partial charge is 0.274 e. The average Bonchev–Trinajstić information content (AvgIpc) is 3.50. The minimum Gasteiger partial charge on any atom is -0.385 e. The second kappa shape index (κ2) is 13.5. The van der Waals surface area contributed by atoms with Gasteiger partial charge in [0.1, 0.15) is 23.4 Å². The summed E-state index contributed by atoms with van der Waals surface area (Å²) >= 11 is 0. The van der Waals surface area contributed by atoms with Crippen LogP contribution >= 0.6 is 0 Å². The van der Waals surface area contributed by atoms with Crippen molar-refractivity contribution in [1.82, 2.24) is 21.1 Å². The molecule has 1 aliphatic rings. The number of amides is 3. The first-order chi connectivity index (χ1) is 18.5. The molecule has 3 N–H and O–H groups in total. The van der Waals surface area contributed by atoms with E-state index in [-0.39, 0.29) is 36.8 Å². The van der Waals surface area contributed by atoms with Crippen molar-refractivity contribution in [2.24, 2.45) is 5.92 Å². The molecule has 2 aromatic rings. The average molecular weight is 543 g/mol. The summed E-state index contributed by atoms with van der Waals surface area (Å²) in [6.07, 6.45) is 0.774. The van der Waals surface area contributed by atoms with Crippen molar-refractivity contribution >= 4 is 23.5 Å². The van der Waals surface area contributed by atoms with Crippen LogP contribution in [0, 0.1) is 12.8 Å². The van der Waals surface area contributed by atoms with Gasteiger partial charge in [0.2, 0.25) is 11.8 Å². The van der Waals surface area contributed by atoms with E-state index < -0.39 is 41.4 Å². The summed E-state index contributed by atoms with van der Waals surface area (Å²) in [5, 5.41) is 12.0. The molecule has 1 fully saturated rings. The zero-order valence-corrected chi connectivity index (χ0v) is 23.1. The van der Waals surface area contributed by atoms with Crippen LogP contribution in [0.4, 0.5) is 0 Å². The number of carbonyl (C=O) groups excluding carboxylic acids is 4. The fourth-order valence-electron chi connectivity index (χ4n) is 4.14. The number of aromatic nitrogens is 1.